The molecule has 94 valence electrons. The van der Waals surface area contributed by atoms with E-state index in [1.165, 1.54) is 0 Å². The largest absolute Gasteiger partial charge is 0.481 e. The molecule has 17 heavy (non-hydrogen) atoms. The summed E-state index contributed by atoms with van der Waals surface area (Å²) in [4.78, 5) is 44.9. The molecule has 0 aliphatic carbocycles. The summed E-state index contributed by atoms with van der Waals surface area (Å²) in [5, 5.41) is 10.7. The third-order valence-electron chi connectivity index (χ3n) is 2.38. The minimum atomic E-state index is -0.991. The van der Waals surface area contributed by atoms with E-state index >= 15 is 0 Å². The third-order valence-corrected chi connectivity index (χ3v) is 2.38. The van der Waals surface area contributed by atoms with E-state index in [-0.39, 0.29) is 56.5 Å². The Hall–Kier alpha value is -1.92. The summed E-state index contributed by atoms with van der Waals surface area (Å²) in [6, 6.07) is 0. The number of amides is 3. The van der Waals surface area contributed by atoms with Gasteiger partial charge in [0.25, 0.3) is 0 Å². The van der Waals surface area contributed by atoms with Gasteiger partial charge in [-0.15, -0.1) is 0 Å². The SMILES string of the molecule is O=C(O)CCNC(=O)CCN1C(=O)CCC1=O. The van der Waals surface area contributed by atoms with E-state index in [1.54, 1.807) is 0 Å². The van der Waals surface area contributed by atoms with Gasteiger partial charge in [0, 0.05) is 32.4 Å². The summed E-state index contributed by atoms with van der Waals surface area (Å²) in [6.07, 6.45) is 0.281. The molecule has 1 aliphatic heterocycles. The Morgan fingerprint density at radius 3 is 2.29 bits per heavy atom. The molecule has 7 heteroatoms. The molecule has 1 heterocycles. The summed E-state index contributed by atoms with van der Waals surface area (Å²) < 4.78 is 0. The lowest BCUT2D eigenvalue weighted by Crippen LogP contribution is -2.34. The van der Waals surface area contributed by atoms with Crippen LogP contribution < -0.4 is 5.32 Å². The lowest BCUT2D eigenvalue weighted by atomic mass is 10.3. The highest BCUT2D eigenvalue weighted by molar-refractivity contribution is 6.02. The number of likely N-dealkylation sites (tertiary alicyclic amines) is 1. The van der Waals surface area contributed by atoms with Crippen molar-refractivity contribution in [2.75, 3.05) is 13.1 Å². The smallest absolute Gasteiger partial charge is 0.305 e. The molecule has 2 N–H and O–H groups in total. The van der Waals surface area contributed by atoms with Gasteiger partial charge in [-0.05, 0) is 0 Å². The van der Waals surface area contributed by atoms with Gasteiger partial charge in [-0.1, -0.05) is 0 Å². The zero-order valence-electron chi connectivity index (χ0n) is 9.27. The number of hydrogen-bond acceptors (Lipinski definition) is 4. The van der Waals surface area contributed by atoms with Gasteiger partial charge in [0.05, 0.1) is 6.42 Å². The summed E-state index contributed by atoms with van der Waals surface area (Å²) >= 11 is 0. The fourth-order valence-electron chi connectivity index (χ4n) is 1.48. The number of aliphatic carboxylic acids is 1. The van der Waals surface area contributed by atoms with E-state index in [9.17, 15) is 19.2 Å². The number of nitrogens with one attached hydrogen (secondary N) is 1. The summed E-state index contributed by atoms with van der Waals surface area (Å²) in [7, 11) is 0. The van der Waals surface area contributed by atoms with Crippen molar-refractivity contribution < 1.29 is 24.3 Å². The number of carboxylic acid groups (broad SMARTS) is 1. The number of nitrogens with zero attached hydrogens (tertiary/aromatic N) is 1. The summed E-state index contributed by atoms with van der Waals surface area (Å²) in [5.41, 5.74) is 0. The lowest BCUT2D eigenvalue weighted by molar-refractivity contribution is -0.139. The van der Waals surface area contributed by atoms with Gasteiger partial charge in [0.1, 0.15) is 0 Å². The number of hydrogen-bond donors (Lipinski definition) is 2. The number of carbonyl (C=O) groups excluding carboxylic acids is 3. The molecule has 0 aromatic carbocycles. The van der Waals surface area contributed by atoms with Gasteiger partial charge in [0.15, 0.2) is 0 Å². The third kappa shape index (κ3) is 4.21. The van der Waals surface area contributed by atoms with Gasteiger partial charge in [-0.25, -0.2) is 0 Å². The second-order valence-corrected chi connectivity index (χ2v) is 3.68. The van der Waals surface area contributed by atoms with Gasteiger partial charge in [0.2, 0.25) is 17.7 Å². The molecule has 1 saturated heterocycles. The summed E-state index contributed by atoms with van der Waals surface area (Å²) in [5.74, 6) is -1.87. The Kier molecular flexibility index (Phi) is 4.62. The molecule has 0 atom stereocenters. The molecule has 0 unspecified atom stereocenters. The Balaban J connectivity index is 2.21. The molecule has 3 amide bonds. The molecular weight excluding hydrogens is 228 g/mol. The van der Waals surface area contributed by atoms with Crippen molar-refractivity contribution in [3.8, 4) is 0 Å². The molecule has 7 nitrogen and oxygen atoms in total. The minimum absolute atomic E-state index is 0.0110. The fraction of sp³-hybridized carbons (Fsp3) is 0.600. The van der Waals surface area contributed by atoms with Crippen LogP contribution in [-0.2, 0) is 19.2 Å². The van der Waals surface area contributed by atoms with Crippen molar-refractivity contribution in [1.82, 2.24) is 10.2 Å². The van der Waals surface area contributed by atoms with E-state index in [1.807, 2.05) is 0 Å². The van der Waals surface area contributed by atoms with Crippen LogP contribution in [0.3, 0.4) is 0 Å². The first kappa shape index (κ1) is 13.1. The Morgan fingerprint density at radius 2 is 1.76 bits per heavy atom. The van der Waals surface area contributed by atoms with Crippen LogP contribution in [-0.4, -0.2) is 46.8 Å². The van der Waals surface area contributed by atoms with Crippen LogP contribution in [0.15, 0.2) is 0 Å². The molecule has 0 aromatic heterocycles. The van der Waals surface area contributed by atoms with Crippen LogP contribution >= 0.6 is 0 Å². The predicted octanol–water partition coefficient (Wildman–Crippen LogP) is -0.884. The van der Waals surface area contributed by atoms with Crippen molar-refractivity contribution >= 4 is 23.7 Å². The molecule has 1 rings (SSSR count). The van der Waals surface area contributed by atoms with Gasteiger partial charge >= 0.3 is 5.97 Å². The zero-order valence-corrected chi connectivity index (χ0v) is 9.27. The number of carboxylic acids is 1. The maximum absolute atomic E-state index is 11.2. The maximum atomic E-state index is 11.2. The molecular formula is C10H14N2O5. The first-order valence-electron chi connectivity index (χ1n) is 5.32. The Bertz CT molecular complexity index is 337. The molecule has 0 radical (unpaired) electrons. The van der Waals surface area contributed by atoms with Gasteiger partial charge < -0.3 is 10.4 Å². The van der Waals surface area contributed by atoms with Crippen LogP contribution in [0.2, 0.25) is 0 Å². The van der Waals surface area contributed by atoms with Gasteiger partial charge in [-0.3, -0.25) is 24.1 Å². The number of rotatable bonds is 6. The molecule has 0 aromatic rings. The highest BCUT2D eigenvalue weighted by Crippen LogP contribution is 2.11. The first-order valence-corrected chi connectivity index (χ1v) is 5.32. The highest BCUT2D eigenvalue weighted by Gasteiger charge is 2.28. The van der Waals surface area contributed by atoms with E-state index in [0.717, 1.165) is 4.90 Å². The monoisotopic (exact) mass is 242 g/mol. The van der Waals surface area contributed by atoms with E-state index in [0.29, 0.717) is 0 Å². The van der Waals surface area contributed by atoms with E-state index in [4.69, 9.17) is 5.11 Å². The van der Waals surface area contributed by atoms with Gasteiger partial charge in [-0.2, -0.15) is 0 Å². The molecule has 0 saturated carbocycles. The molecule has 0 bridgehead atoms. The summed E-state index contributed by atoms with van der Waals surface area (Å²) in [6.45, 7) is 0.118. The van der Waals surface area contributed by atoms with Crippen LogP contribution in [0.25, 0.3) is 0 Å². The molecule has 1 aliphatic rings. The quantitative estimate of drug-likeness (QED) is 0.588. The second-order valence-electron chi connectivity index (χ2n) is 3.68. The molecule has 1 fully saturated rings. The standard InChI is InChI=1S/C10H14N2O5/c13-7(11-5-3-10(16)17)4-6-12-8(14)1-2-9(12)15/h1-6H2,(H,11,13)(H,16,17). The second kappa shape index (κ2) is 5.97. The van der Waals surface area contributed by atoms with Crippen LogP contribution in [0.4, 0.5) is 0 Å². The zero-order chi connectivity index (χ0) is 12.8. The Labute approximate surface area is 97.8 Å². The predicted molar refractivity (Wildman–Crippen MR) is 55.8 cm³/mol. The van der Waals surface area contributed by atoms with Crippen LogP contribution in [0, 0.1) is 0 Å². The van der Waals surface area contributed by atoms with Crippen molar-refractivity contribution in [1.29, 1.82) is 0 Å². The Morgan fingerprint density at radius 1 is 1.18 bits per heavy atom. The van der Waals surface area contributed by atoms with Crippen molar-refractivity contribution in [3.05, 3.63) is 0 Å². The van der Waals surface area contributed by atoms with Crippen LogP contribution in [0.5, 0.6) is 0 Å². The lowest BCUT2D eigenvalue weighted by Gasteiger charge is -2.12. The average Bonchev–Trinajstić information content (AvgIpc) is 2.55. The van der Waals surface area contributed by atoms with Crippen LogP contribution in [0.1, 0.15) is 25.7 Å². The highest BCUT2D eigenvalue weighted by atomic mass is 16.4. The maximum Gasteiger partial charge on any atom is 0.305 e. The molecule has 0 spiro atoms. The average molecular weight is 242 g/mol. The van der Waals surface area contributed by atoms with Crippen molar-refractivity contribution in [3.63, 3.8) is 0 Å². The van der Waals surface area contributed by atoms with E-state index in [2.05, 4.69) is 5.32 Å². The van der Waals surface area contributed by atoms with Crippen molar-refractivity contribution in [2.24, 2.45) is 0 Å². The topological polar surface area (TPSA) is 104 Å². The first-order chi connectivity index (χ1) is 8.00. The van der Waals surface area contributed by atoms with Crippen molar-refractivity contribution in [2.45, 2.75) is 25.7 Å². The number of carbonyl (C=O) groups is 4. The van der Waals surface area contributed by atoms with E-state index < -0.39 is 5.97 Å². The number of imide groups is 1. The normalized spacial score (nSPS) is 15.2. The minimum Gasteiger partial charge on any atom is -0.481 e. The fourth-order valence-corrected chi connectivity index (χ4v) is 1.48.